The average molecular weight is 192 g/mol. The molecule has 0 unspecified atom stereocenters. The zero-order valence-corrected chi connectivity index (χ0v) is 7.10. The molecule has 0 radical (unpaired) electrons. The van der Waals surface area contributed by atoms with Crippen LogP contribution in [0.25, 0.3) is 0 Å². The van der Waals surface area contributed by atoms with Gasteiger partial charge in [0, 0.05) is 11.1 Å². The van der Waals surface area contributed by atoms with Crippen molar-refractivity contribution in [3.63, 3.8) is 0 Å². The van der Waals surface area contributed by atoms with Gasteiger partial charge in [0.05, 0.1) is 0 Å². The Morgan fingerprint density at radius 2 is 2.27 bits per heavy atom. The van der Waals surface area contributed by atoms with E-state index in [1.165, 1.54) is 6.20 Å². The third-order valence-corrected chi connectivity index (χ3v) is 1.35. The standard InChI is InChI=1S/C6H5NO2S.ClH/c8-6(9)5-4(10)2-1-3-7-5;/h1-3,10H,(H,8,9);1H. The number of hydrogen-bond donors (Lipinski definition) is 2. The number of aromatic nitrogens is 1. The Morgan fingerprint density at radius 1 is 1.64 bits per heavy atom. The van der Waals surface area contributed by atoms with Crippen LogP contribution >= 0.6 is 25.0 Å². The summed E-state index contributed by atoms with van der Waals surface area (Å²) in [6.45, 7) is 0. The summed E-state index contributed by atoms with van der Waals surface area (Å²) in [5.41, 5.74) is -0.00849. The van der Waals surface area contributed by atoms with Crippen LogP contribution in [0.5, 0.6) is 0 Å². The maximum Gasteiger partial charge on any atom is 0.355 e. The lowest BCUT2D eigenvalue weighted by Crippen LogP contribution is -2.00. The third kappa shape index (κ3) is 2.40. The van der Waals surface area contributed by atoms with Crippen LogP contribution in [0.4, 0.5) is 0 Å². The molecule has 0 atom stereocenters. The van der Waals surface area contributed by atoms with Crippen LogP contribution in [-0.2, 0) is 0 Å². The monoisotopic (exact) mass is 191 g/mol. The van der Waals surface area contributed by atoms with Crippen molar-refractivity contribution in [1.29, 1.82) is 0 Å². The van der Waals surface area contributed by atoms with Gasteiger partial charge in [-0.2, -0.15) is 0 Å². The topological polar surface area (TPSA) is 50.2 Å². The quantitative estimate of drug-likeness (QED) is 0.662. The molecule has 0 aliphatic rings. The van der Waals surface area contributed by atoms with Gasteiger partial charge in [-0.1, -0.05) is 0 Å². The molecule has 0 fully saturated rings. The van der Waals surface area contributed by atoms with E-state index in [9.17, 15) is 4.79 Å². The number of aromatic carboxylic acids is 1. The number of rotatable bonds is 1. The first-order valence-corrected chi connectivity index (χ1v) is 3.04. The lowest BCUT2D eigenvalue weighted by atomic mass is 10.3. The molecule has 1 aromatic rings. The Balaban J connectivity index is 0.000001000. The van der Waals surface area contributed by atoms with E-state index in [1.807, 2.05) is 0 Å². The largest absolute Gasteiger partial charge is 0.476 e. The summed E-state index contributed by atoms with van der Waals surface area (Å²) in [6.07, 6.45) is 1.42. The van der Waals surface area contributed by atoms with Crippen LogP contribution in [0.2, 0.25) is 0 Å². The van der Waals surface area contributed by atoms with Gasteiger partial charge in [0.2, 0.25) is 0 Å². The number of carboxylic acid groups (broad SMARTS) is 1. The van der Waals surface area contributed by atoms with Crippen LogP contribution in [0.3, 0.4) is 0 Å². The van der Waals surface area contributed by atoms with Crippen molar-refractivity contribution in [2.24, 2.45) is 0 Å². The summed E-state index contributed by atoms with van der Waals surface area (Å²) in [7, 11) is 0. The van der Waals surface area contributed by atoms with Crippen molar-refractivity contribution in [3.05, 3.63) is 24.0 Å². The molecule has 0 saturated heterocycles. The van der Waals surface area contributed by atoms with Crippen molar-refractivity contribution in [2.45, 2.75) is 4.90 Å². The molecule has 1 N–H and O–H groups in total. The Kier molecular flexibility index (Phi) is 3.92. The summed E-state index contributed by atoms with van der Waals surface area (Å²) in [4.78, 5) is 14.3. The number of halogens is 1. The Morgan fingerprint density at radius 3 is 2.64 bits per heavy atom. The molecule has 60 valence electrons. The number of hydrogen-bond acceptors (Lipinski definition) is 3. The van der Waals surface area contributed by atoms with Gasteiger partial charge in [0.15, 0.2) is 5.69 Å². The van der Waals surface area contributed by atoms with Crippen LogP contribution in [0.15, 0.2) is 23.2 Å². The van der Waals surface area contributed by atoms with Crippen molar-refractivity contribution in [1.82, 2.24) is 4.98 Å². The fraction of sp³-hybridized carbons (Fsp3) is 0. The van der Waals surface area contributed by atoms with Crippen LogP contribution < -0.4 is 0 Å². The smallest absolute Gasteiger partial charge is 0.355 e. The molecular formula is C6H6ClNO2S. The maximum absolute atomic E-state index is 10.3. The van der Waals surface area contributed by atoms with E-state index in [0.29, 0.717) is 4.90 Å². The molecule has 0 aromatic carbocycles. The molecular weight excluding hydrogens is 186 g/mol. The first kappa shape index (κ1) is 10.3. The molecule has 0 spiro atoms. The van der Waals surface area contributed by atoms with Crippen LogP contribution in [0, 0.1) is 0 Å². The van der Waals surface area contributed by atoms with E-state index < -0.39 is 5.97 Å². The van der Waals surface area contributed by atoms with E-state index >= 15 is 0 Å². The van der Waals surface area contributed by atoms with Crippen LogP contribution in [0.1, 0.15) is 10.5 Å². The van der Waals surface area contributed by atoms with Gasteiger partial charge in [0.25, 0.3) is 0 Å². The summed E-state index contributed by atoms with van der Waals surface area (Å²) in [5.74, 6) is -1.05. The Labute approximate surface area is 75.3 Å². The molecule has 3 nitrogen and oxygen atoms in total. The van der Waals surface area contributed by atoms with Gasteiger partial charge in [-0.3, -0.25) is 0 Å². The normalized spacial score (nSPS) is 8.45. The molecule has 1 rings (SSSR count). The minimum atomic E-state index is -1.05. The van der Waals surface area contributed by atoms with Gasteiger partial charge in [-0.25, -0.2) is 9.78 Å². The second-order valence-electron chi connectivity index (χ2n) is 1.68. The summed E-state index contributed by atoms with van der Waals surface area (Å²) in [5, 5.41) is 8.45. The molecule has 0 aliphatic carbocycles. The van der Waals surface area contributed by atoms with E-state index in [4.69, 9.17) is 5.11 Å². The average Bonchev–Trinajstić information content (AvgIpc) is 1.88. The Hall–Kier alpha value is -0.740. The second-order valence-corrected chi connectivity index (χ2v) is 2.16. The first-order chi connectivity index (χ1) is 4.72. The maximum atomic E-state index is 10.3. The SMILES string of the molecule is Cl.O=C(O)c1ncccc1S. The lowest BCUT2D eigenvalue weighted by molar-refractivity contribution is 0.0686. The fourth-order valence-corrected chi connectivity index (χ4v) is 0.801. The van der Waals surface area contributed by atoms with E-state index in [-0.39, 0.29) is 18.1 Å². The van der Waals surface area contributed by atoms with Crippen molar-refractivity contribution in [3.8, 4) is 0 Å². The highest BCUT2D eigenvalue weighted by atomic mass is 35.5. The zero-order chi connectivity index (χ0) is 7.56. The van der Waals surface area contributed by atoms with Gasteiger partial charge < -0.3 is 5.11 Å². The molecule has 0 aliphatic heterocycles. The number of thiol groups is 1. The predicted molar refractivity (Wildman–Crippen MR) is 45.7 cm³/mol. The molecule has 1 aromatic heterocycles. The first-order valence-electron chi connectivity index (χ1n) is 2.59. The third-order valence-electron chi connectivity index (χ3n) is 0.989. The summed E-state index contributed by atoms with van der Waals surface area (Å²) in [6, 6.07) is 3.22. The number of carbonyl (C=O) groups is 1. The molecule has 0 amide bonds. The molecule has 1 heterocycles. The van der Waals surface area contributed by atoms with Gasteiger partial charge in [-0.05, 0) is 12.1 Å². The molecule has 0 bridgehead atoms. The number of carboxylic acids is 1. The highest BCUT2D eigenvalue weighted by Gasteiger charge is 2.06. The Bertz CT molecular complexity index is 267. The molecule has 0 saturated carbocycles. The highest BCUT2D eigenvalue weighted by molar-refractivity contribution is 7.80. The van der Waals surface area contributed by atoms with Gasteiger partial charge in [0.1, 0.15) is 0 Å². The number of pyridine rings is 1. The van der Waals surface area contributed by atoms with E-state index in [0.717, 1.165) is 0 Å². The zero-order valence-electron chi connectivity index (χ0n) is 5.39. The summed E-state index contributed by atoms with van der Waals surface area (Å²) >= 11 is 3.89. The fourth-order valence-electron chi connectivity index (χ4n) is 0.562. The lowest BCUT2D eigenvalue weighted by Gasteiger charge is -1.94. The summed E-state index contributed by atoms with van der Waals surface area (Å²) < 4.78 is 0. The molecule has 11 heavy (non-hydrogen) atoms. The van der Waals surface area contributed by atoms with E-state index in [2.05, 4.69) is 17.6 Å². The minimum absolute atomic E-state index is 0. The predicted octanol–water partition coefficient (Wildman–Crippen LogP) is 1.49. The van der Waals surface area contributed by atoms with E-state index in [1.54, 1.807) is 12.1 Å². The van der Waals surface area contributed by atoms with Gasteiger partial charge >= 0.3 is 5.97 Å². The minimum Gasteiger partial charge on any atom is -0.476 e. The van der Waals surface area contributed by atoms with Crippen molar-refractivity contribution < 1.29 is 9.90 Å². The highest BCUT2D eigenvalue weighted by Crippen LogP contribution is 2.08. The second kappa shape index (κ2) is 4.20. The van der Waals surface area contributed by atoms with Crippen molar-refractivity contribution >= 4 is 31.0 Å². The molecule has 5 heteroatoms. The van der Waals surface area contributed by atoms with Crippen LogP contribution in [-0.4, -0.2) is 16.1 Å². The van der Waals surface area contributed by atoms with Gasteiger partial charge in [-0.15, -0.1) is 25.0 Å². The number of nitrogens with zero attached hydrogens (tertiary/aromatic N) is 1. The van der Waals surface area contributed by atoms with Crippen molar-refractivity contribution in [2.75, 3.05) is 0 Å².